The molecular formula is C9H8N2O2S. The van der Waals surface area contributed by atoms with Crippen LogP contribution in [0.3, 0.4) is 0 Å². The second-order valence-electron chi connectivity index (χ2n) is 2.56. The number of carbonyl (C=O) groups is 1. The van der Waals surface area contributed by atoms with Gasteiger partial charge in [0.1, 0.15) is 6.07 Å². The summed E-state index contributed by atoms with van der Waals surface area (Å²) in [6.07, 6.45) is 1.63. The molecule has 0 saturated carbocycles. The molecule has 0 aliphatic carbocycles. The van der Waals surface area contributed by atoms with Gasteiger partial charge in [0.25, 0.3) is 0 Å². The zero-order chi connectivity index (χ0) is 10.6. The minimum absolute atomic E-state index is 0.0316. The summed E-state index contributed by atoms with van der Waals surface area (Å²) in [6.45, 7) is 0. The van der Waals surface area contributed by atoms with E-state index in [1.807, 2.05) is 6.07 Å². The zero-order valence-electron chi connectivity index (χ0n) is 7.53. The molecule has 0 radical (unpaired) electrons. The molecule has 0 atom stereocenters. The number of nitrogens with zero attached hydrogens (tertiary/aromatic N) is 1. The number of carbonyl (C=O) groups excluding carboxylic acids is 1. The molecule has 0 amide bonds. The predicted octanol–water partition coefficient (Wildman–Crippen LogP) is 1.33. The number of H-pyrrole nitrogens is 1. The van der Waals surface area contributed by atoms with Gasteiger partial charge in [-0.25, -0.2) is 0 Å². The number of ether oxygens (including phenoxy) is 1. The largest absolute Gasteiger partial charge is 0.469 e. The second kappa shape index (κ2) is 4.53. The van der Waals surface area contributed by atoms with Crippen LogP contribution in [-0.2, 0) is 16.0 Å². The Morgan fingerprint density at radius 1 is 1.79 bits per heavy atom. The fourth-order valence-electron chi connectivity index (χ4n) is 1.00. The number of nitriles is 1. The van der Waals surface area contributed by atoms with Crippen molar-refractivity contribution in [1.29, 1.82) is 5.26 Å². The van der Waals surface area contributed by atoms with Gasteiger partial charge in [-0.3, -0.25) is 4.79 Å². The minimum atomic E-state index is -0.404. The van der Waals surface area contributed by atoms with Crippen LogP contribution in [0.4, 0.5) is 0 Å². The van der Waals surface area contributed by atoms with E-state index in [0.29, 0.717) is 15.8 Å². The van der Waals surface area contributed by atoms with Crippen molar-refractivity contribution in [2.24, 2.45) is 0 Å². The van der Waals surface area contributed by atoms with E-state index in [9.17, 15) is 4.79 Å². The SMILES string of the molecule is COC(=O)Cc1[nH]ccc(=S)c1C#N. The standard InChI is InChI=1S/C9H8N2O2S/c1-13-9(12)4-7-6(5-10)8(14)2-3-11-7/h2-3H,4H2,1H3,(H,11,14). The average molecular weight is 208 g/mol. The topological polar surface area (TPSA) is 65.9 Å². The normalized spacial score (nSPS) is 9.14. The highest BCUT2D eigenvalue weighted by Crippen LogP contribution is 2.07. The van der Waals surface area contributed by atoms with Crippen LogP contribution in [0.15, 0.2) is 12.3 Å². The fourth-order valence-corrected chi connectivity index (χ4v) is 1.24. The molecule has 72 valence electrons. The van der Waals surface area contributed by atoms with Gasteiger partial charge in [0.15, 0.2) is 0 Å². The second-order valence-corrected chi connectivity index (χ2v) is 3.00. The lowest BCUT2D eigenvalue weighted by Gasteiger charge is -2.02. The van der Waals surface area contributed by atoms with Crippen LogP contribution in [0.1, 0.15) is 11.3 Å². The number of methoxy groups -OCH3 is 1. The number of rotatable bonds is 2. The Morgan fingerprint density at radius 3 is 3.07 bits per heavy atom. The highest BCUT2D eigenvalue weighted by molar-refractivity contribution is 7.71. The average Bonchev–Trinajstić information content (AvgIpc) is 2.18. The van der Waals surface area contributed by atoms with Gasteiger partial charge in [0.05, 0.1) is 23.6 Å². The Bertz CT molecular complexity index is 445. The van der Waals surface area contributed by atoms with Crippen molar-refractivity contribution in [2.75, 3.05) is 7.11 Å². The van der Waals surface area contributed by atoms with Crippen molar-refractivity contribution < 1.29 is 9.53 Å². The fraction of sp³-hybridized carbons (Fsp3) is 0.222. The van der Waals surface area contributed by atoms with E-state index < -0.39 is 5.97 Å². The first-order valence-corrected chi connectivity index (χ1v) is 4.27. The van der Waals surface area contributed by atoms with Crippen molar-refractivity contribution in [3.8, 4) is 6.07 Å². The number of esters is 1. The maximum atomic E-state index is 11.0. The molecule has 1 N–H and O–H groups in total. The van der Waals surface area contributed by atoms with E-state index in [2.05, 4.69) is 9.72 Å². The van der Waals surface area contributed by atoms with Crippen LogP contribution in [0.25, 0.3) is 0 Å². The Morgan fingerprint density at radius 2 is 2.50 bits per heavy atom. The highest BCUT2D eigenvalue weighted by Gasteiger charge is 2.08. The van der Waals surface area contributed by atoms with Crippen molar-refractivity contribution in [3.05, 3.63) is 28.0 Å². The van der Waals surface area contributed by atoms with Gasteiger partial charge in [-0.05, 0) is 6.07 Å². The Balaban J connectivity index is 3.10. The van der Waals surface area contributed by atoms with E-state index in [1.54, 1.807) is 12.3 Å². The van der Waals surface area contributed by atoms with E-state index in [0.717, 1.165) is 0 Å². The van der Waals surface area contributed by atoms with Gasteiger partial charge in [0, 0.05) is 11.9 Å². The Hall–Kier alpha value is -1.67. The number of aromatic amines is 1. The summed E-state index contributed by atoms with van der Waals surface area (Å²) in [5, 5.41) is 8.80. The summed E-state index contributed by atoms with van der Waals surface area (Å²) < 4.78 is 4.93. The number of nitrogens with one attached hydrogen (secondary N) is 1. The summed E-state index contributed by atoms with van der Waals surface area (Å²) in [5.74, 6) is -0.404. The molecule has 0 spiro atoms. The first kappa shape index (κ1) is 10.4. The zero-order valence-corrected chi connectivity index (χ0v) is 8.35. The van der Waals surface area contributed by atoms with Crippen LogP contribution in [-0.4, -0.2) is 18.1 Å². The van der Waals surface area contributed by atoms with E-state index >= 15 is 0 Å². The first-order valence-electron chi connectivity index (χ1n) is 3.86. The third-order valence-corrected chi connectivity index (χ3v) is 2.04. The molecule has 1 rings (SSSR count). The third-order valence-electron chi connectivity index (χ3n) is 1.70. The molecule has 14 heavy (non-hydrogen) atoms. The van der Waals surface area contributed by atoms with Gasteiger partial charge in [-0.1, -0.05) is 12.2 Å². The van der Waals surface area contributed by atoms with Crippen LogP contribution < -0.4 is 0 Å². The minimum Gasteiger partial charge on any atom is -0.469 e. The van der Waals surface area contributed by atoms with Crippen molar-refractivity contribution in [1.82, 2.24) is 4.98 Å². The molecule has 0 fully saturated rings. The summed E-state index contributed by atoms with van der Waals surface area (Å²) in [7, 11) is 1.30. The maximum absolute atomic E-state index is 11.0. The number of hydrogen-bond acceptors (Lipinski definition) is 4. The van der Waals surface area contributed by atoms with Gasteiger partial charge in [-0.15, -0.1) is 0 Å². The molecule has 0 bridgehead atoms. The van der Waals surface area contributed by atoms with Gasteiger partial charge in [0.2, 0.25) is 0 Å². The van der Waals surface area contributed by atoms with Crippen LogP contribution in [0.2, 0.25) is 0 Å². The summed E-state index contributed by atoms with van der Waals surface area (Å²) >= 11 is 4.93. The lowest BCUT2D eigenvalue weighted by atomic mass is 10.1. The van der Waals surface area contributed by atoms with Gasteiger partial charge < -0.3 is 9.72 Å². The molecular weight excluding hydrogens is 200 g/mol. The molecule has 0 saturated heterocycles. The molecule has 1 heterocycles. The van der Waals surface area contributed by atoms with Crippen LogP contribution in [0, 0.1) is 15.8 Å². The number of aromatic nitrogens is 1. The molecule has 0 unspecified atom stereocenters. The third kappa shape index (κ3) is 2.18. The van der Waals surface area contributed by atoms with Crippen molar-refractivity contribution in [2.45, 2.75) is 6.42 Å². The van der Waals surface area contributed by atoms with Crippen molar-refractivity contribution >= 4 is 18.2 Å². The molecule has 0 aliphatic rings. The Kier molecular flexibility index (Phi) is 3.37. The molecule has 5 heteroatoms. The first-order chi connectivity index (χ1) is 6.69. The quantitative estimate of drug-likeness (QED) is 0.588. The molecule has 0 aromatic carbocycles. The van der Waals surface area contributed by atoms with Gasteiger partial charge in [-0.2, -0.15) is 5.26 Å². The van der Waals surface area contributed by atoms with E-state index in [4.69, 9.17) is 17.5 Å². The molecule has 1 aromatic rings. The lowest BCUT2D eigenvalue weighted by molar-refractivity contribution is -0.139. The number of hydrogen-bond donors (Lipinski definition) is 1. The maximum Gasteiger partial charge on any atom is 0.311 e. The molecule has 1 aromatic heterocycles. The predicted molar refractivity (Wildman–Crippen MR) is 52.1 cm³/mol. The smallest absolute Gasteiger partial charge is 0.311 e. The Labute approximate surface area is 86.1 Å². The monoisotopic (exact) mass is 208 g/mol. The van der Waals surface area contributed by atoms with Crippen molar-refractivity contribution in [3.63, 3.8) is 0 Å². The summed E-state index contributed by atoms with van der Waals surface area (Å²) in [6, 6.07) is 3.56. The van der Waals surface area contributed by atoms with E-state index in [-0.39, 0.29) is 6.42 Å². The van der Waals surface area contributed by atoms with E-state index in [1.165, 1.54) is 7.11 Å². The van der Waals surface area contributed by atoms with Gasteiger partial charge >= 0.3 is 5.97 Å². The molecule has 0 aliphatic heterocycles. The van der Waals surface area contributed by atoms with Crippen LogP contribution >= 0.6 is 12.2 Å². The van der Waals surface area contributed by atoms with Crippen LogP contribution in [0.5, 0.6) is 0 Å². The highest BCUT2D eigenvalue weighted by atomic mass is 32.1. The summed E-state index contributed by atoms with van der Waals surface area (Å²) in [5.41, 5.74) is 0.819. The summed E-state index contributed by atoms with van der Waals surface area (Å²) in [4.78, 5) is 13.8. The molecule has 4 nitrogen and oxygen atoms in total. The lowest BCUT2D eigenvalue weighted by Crippen LogP contribution is -2.07. The number of pyridine rings is 1.